The van der Waals surface area contributed by atoms with E-state index in [-0.39, 0.29) is 5.56 Å². The summed E-state index contributed by atoms with van der Waals surface area (Å²) in [6.45, 7) is 3.51. The zero-order valence-corrected chi connectivity index (χ0v) is 10.2. The second-order valence-corrected chi connectivity index (χ2v) is 4.08. The number of hydrogen-bond acceptors (Lipinski definition) is 4. The van der Waals surface area contributed by atoms with E-state index >= 15 is 0 Å². The van der Waals surface area contributed by atoms with Crippen LogP contribution in [-0.2, 0) is 0 Å². The molecule has 1 aromatic heterocycles. The molecule has 0 radical (unpaired) electrons. The number of H-pyrrole nitrogens is 1. The first-order chi connectivity index (χ1) is 8.06. The van der Waals surface area contributed by atoms with Crippen LogP contribution in [0.15, 0.2) is 23.0 Å². The molecule has 0 amide bonds. The monoisotopic (exact) mass is 250 g/mol. The number of nitrogens with zero attached hydrogens (tertiary/aromatic N) is 2. The smallest absolute Gasteiger partial charge is 0.273 e. The highest BCUT2D eigenvalue weighted by atomic mass is 35.5. The maximum absolute atomic E-state index is 11.3. The van der Waals surface area contributed by atoms with E-state index in [0.717, 1.165) is 11.3 Å². The van der Waals surface area contributed by atoms with Crippen molar-refractivity contribution in [3.8, 4) is 0 Å². The fraction of sp³-hybridized carbons (Fsp3) is 0.182. The molecule has 6 heteroatoms. The number of aryl methyl sites for hydroxylation is 2. The van der Waals surface area contributed by atoms with Gasteiger partial charge in [-0.1, -0.05) is 17.7 Å². The van der Waals surface area contributed by atoms with Crippen molar-refractivity contribution in [1.29, 1.82) is 0 Å². The summed E-state index contributed by atoms with van der Waals surface area (Å²) in [5.74, 6) is 0.292. The van der Waals surface area contributed by atoms with Gasteiger partial charge in [0, 0.05) is 10.7 Å². The third kappa shape index (κ3) is 2.62. The van der Waals surface area contributed by atoms with Gasteiger partial charge in [0.05, 0.1) is 0 Å². The van der Waals surface area contributed by atoms with Gasteiger partial charge in [-0.05, 0) is 31.5 Å². The third-order valence-electron chi connectivity index (χ3n) is 2.30. The normalized spacial score (nSPS) is 10.3. The number of nitrogens with one attached hydrogen (secondary N) is 2. The van der Waals surface area contributed by atoms with Crippen LogP contribution in [0, 0.1) is 13.8 Å². The Hall–Kier alpha value is -1.88. The lowest BCUT2D eigenvalue weighted by Gasteiger charge is -2.06. The minimum Gasteiger partial charge on any atom is -0.324 e. The van der Waals surface area contributed by atoms with Gasteiger partial charge in [0.2, 0.25) is 5.95 Å². The van der Waals surface area contributed by atoms with Crippen LogP contribution in [0.4, 0.5) is 11.6 Å². The fourth-order valence-corrected chi connectivity index (χ4v) is 1.44. The number of halogens is 1. The van der Waals surface area contributed by atoms with Crippen LogP contribution >= 0.6 is 11.6 Å². The van der Waals surface area contributed by atoms with Crippen molar-refractivity contribution in [3.63, 3.8) is 0 Å². The van der Waals surface area contributed by atoms with Crippen molar-refractivity contribution >= 4 is 23.2 Å². The third-order valence-corrected chi connectivity index (χ3v) is 2.70. The average Bonchev–Trinajstić information content (AvgIpc) is 2.29. The van der Waals surface area contributed by atoms with Crippen molar-refractivity contribution in [3.05, 3.63) is 44.8 Å². The van der Waals surface area contributed by atoms with Gasteiger partial charge < -0.3 is 5.32 Å². The average molecular weight is 251 g/mol. The molecule has 0 unspecified atom stereocenters. The lowest BCUT2D eigenvalue weighted by molar-refractivity contribution is 0.908. The maximum Gasteiger partial charge on any atom is 0.273 e. The molecule has 0 spiro atoms. The fourth-order valence-electron chi connectivity index (χ4n) is 1.26. The Kier molecular flexibility index (Phi) is 3.10. The molecule has 2 N–H and O–H groups in total. The second-order valence-electron chi connectivity index (χ2n) is 3.68. The molecule has 2 aromatic rings. The van der Waals surface area contributed by atoms with Crippen molar-refractivity contribution in [2.75, 3.05) is 5.32 Å². The van der Waals surface area contributed by atoms with Crippen LogP contribution in [0.25, 0.3) is 0 Å². The number of aromatic amines is 1. The van der Waals surface area contributed by atoms with Crippen molar-refractivity contribution in [2.24, 2.45) is 0 Å². The molecule has 0 aliphatic heterocycles. The quantitative estimate of drug-likeness (QED) is 0.857. The van der Waals surface area contributed by atoms with E-state index in [1.165, 1.54) is 0 Å². The van der Waals surface area contributed by atoms with Crippen molar-refractivity contribution in [1.82, 2.24) is 15.2 Å². The van der Waals surface area contributed by atoms with Crippen LogP contribution in [-0.4, -0.2) is 15.2 Å². The van der Waals surface area contributed by atoms with Crippen molar-refractivity contribution in [2.45, 2.75) is 13.8 Å². The van der Waals surface area contributed by atoms with E-state index in [4.69, 9.17) is 11.6 Å². The molecule has 0 saturated carbocycles. The largest absolute Gasteiger partial charge is 0.324 e. The summed E-state index contributed by atoms with van der Waals surface area (Å²) < 4.78 is 0. The molecule has 0 aliphatic rings. The highest BCUT2D eigenvalue weighted by molar-refractivity contribution is 6.31. The number of rotatable bonds is 2. The summed E-state index contributed by atoms with van der Waals surface area (Å²) >= 11 is 5.99. The molecule has 17 heavy (non-hydrogen) atoms. The number of hydrogen-bond donors (Lipinski definition) is 2. The molecule has 2 rings (SSSR count). The summed E-state index contributed by atoms with van der Waals surface area (Å²) in [7, 11) is 0. The van der Waals surface area contributed by atoms with Gasteiger partial charge in [0.15, 0.2) is 0 Å². The molecule has 0 atom stereocenters. The van der Waals surface area contributed by atoms with E-state index in [9.17, 15) is 4.79 Å². The van der Waals surface area contributed by atoms with Gasteiger partial charge in [-0.3, -0.25) is 9.78 Å². The Morgan fingerprint density at radius 1 is 1.29 bits per heavy atom. The molecule has 88 valence electrons. The number of benzene rings is 1. The Balaban J connectivity index is 2.28. The molecule has 0 bridgehead atoms. The van der Waals surface area contributed by atoms with E-state index < -0.39 is 0 Å². The lowest BCUT2D eigenvalue weighted by atomic mass is 10.2. The standard InChI is InChI=1S/C11H11ClN4O/c1-6-3-4-8(5-9(6)12)13-11-14-10(17)7(2)15-16-11/h3-5H,1-2H3,(H2,13,14,16,17). The first-order valence-corrected chi connectivity index (χ1v) is 5.41. The van der Waals surface area contributed by atoms with Crippen LogP contribution < -0.4 is 10.9 Å². The lowest BCUT2D eigenvalue weighted by Crippen LogP contribution is -2.15. The molecular formula is C11H11ClN4O. The molecule has 1 heterocycles. The predicted molar refractivity (Wildman–Crippen MR) is 66.9 cm³/mol. The van der Waals surface area contributed by atoms with E-state index in [0.29, 0.717) is 16.7 Å². The first-order valence-electron chi connectivity index (χ1n) is 5.03. The van der Waals surface area contributed by atoms with E-state index in [1.807, 2.05) is 19.1 Å². The van der Waals surface area contributed by atoms with Crippen LogP contribution in [0.2, 0.25) is 5.02 Å². The van der Waals surface area contributed by atoms with Crippen molar-refractivity contribution < 1.29 is 0 Å². The van der Waals surface area contributed by atoms with Gasteiger partial charge in [0.1, 0.15) is 5.69 Å². The minimum atomic E-state index is -0.263. The second kappa shape index (κ2) is 4.55. The topological polar surface area (TPSA) is 70.7 Å². The highest BCUT2D eigenvalue weighted by Gasteiger charge is 2.02. The predicted octanol–water partition coefficient (Wildman–Crippen LogP) is 2.18. The Labute approximate surface area is 103 Å². The molecule has 0 saturated heterocycles. The summed E-state index contributed by atoms with van der Waals surface area (Å²) in [5.41, 5.74) is 1.80. The summed E-state index contributed by atoms with van der Waals surface area (Å²) in [6, 6.07) is 5.49. The number of aromatic nitrogens is 3. The molecular weight excluding hydrogens is 240 g/mol. The summed E-state index contributed by atoms with van der Waals surface area (Å²) in [5, 5.41) is 11.1. The van der Waals surface area contributed by atoms with Gasteiger partial charge >= 0.3 is 0 Å². The first kappa shape index (κ1) is 11.6. The summed E-state index contributed by atoms with van der Waals surface area (Å²) in [6.07, 6.45) is 0. The molecule has 5 nitrogen and oxygen atoms in total. The van der Waals surface area contributed by atoms with Gasteiger partial charge in [0.25, 0.3) is 5.56 Å². The van der Waals surface area contributed by atoms with Gasteiger partial charge in [-0.15, -0.1) is 10.2 Å². The molecule has 0 aliphatic carbocycles. The number of anilines is 2. The Bertz CT molecular complexity index is 609. The highest BCUT2D eigenvalue weighted by Crippen LogP contribution is 2.21. The molecule has 0 fully saturated rings. The van der Waals surface area contributed by atoms with E-state index in [2.05, 4.69) is 20.5 Å². The maximum atomic E-state index is 11.3. The zero-order valence-electron chi connectivity index (χ0n) is 9.41. The van der Waals surface area contributed by atoms with Crippen LogP contribution in [0.3, 0.4) is 0 Å². The van der Waals surface area contributed by atoms with Crippen LogP contribution in [0.5, 0.6) is 0 Å². The summed E-state index contributed by atoms with van der Waals surface area (Å²) in [4.78, 5) is 13.9. The SMILES string of the molecule is Cc1ccc(Nc2nnc(C)c(=O)[nH]2)cc1Cl. The zero-order chi connectivity index (χ0) is 12.4. The Morgan fingerprint density at radius 3 is 2.71 bits per heavy atom. The minimum absolute atomic E-state index is 0.263. The van der Waals surface area contributed by atoms with Crippen LogP contribution in [0.1, 0.15) is 11.3 Å². The molecule has 1 aromatic carbocycles. The van der Waals surface area contributed by atoms with E-state index in [1.54, 1.807) is 13.0 Å². The van der Waals surface area contributed by atoms with Gasteiger partial charge in [-0.25, -0.2) is 0 Å². The van der Waals surface area contributed by atoms with Gasteiger partial charge in [-0.2, -0.15) is 0 Å². The Morgan fingerprint density at radius 2 is 2.06 bits per heavy atom.